The van der Waals surface area contributed by atoms with Gasteiger partial charge in [-0.3, -0.25) is 10.1 Å². The van der Waals surface area contributed by atoms with Gasteiger partial charge in [-0.1, -0.05) is 30.3 Å². The van der Waals surface area contributed by atoms with Gasteiger partial charge in [0.1, 0.15) is 17.4 Å². The molecule has 0 unspecified atom stereocenters. The first-order valence-corrected chi connectivity index (χ1v) is 7.74. The second-order valence-electron chi connectivity index (χ2n) is 4.69. The average Bonchev–Trinajstić information content (AvgIpc) is 3.08. The second kappa shape index (κ2) is 7.06. The van der Waals surface area contributed by atoms with Crippen LogP contribution in [0.3, 0.4) is 0 Å². The highest BCUT2D eigenvalue weighted by molar-refractivity contribution is 8.00. The van der Waals surface area contributed by atoms with Crippen LogP contribution in [0.15, 0.2) is 65.8 Å². The van der Waals surface area contributed by atoms with Gasteiger partial charge in [0.05, 0.1) is 0 Å². The highest BCUT2D eigenvalue weighted by atomic mass is 32.2. The van der Waals surface area contributed by atoms with Crippen LogP contribution in [0.25, 0.3) is 0 Å². The first kappa shape index (κ1) is 15.2. The molecule has 0 bridgehead atoms. The normalized spacial score (nSPS) is 11.9. The van der Waals surface area contributed by atoms with Gasteiger partial charge in [0, 0.05) is 4.90 Å². The Balaban J connectivity index is 1.84. The maximum absolute atomic E-state index is 13.0. The minimum absolute atomic E-state index is 0.234. The van der Waals surface area contributed by atoms with E-state index in [2.05, 4.69) is 20.5 Å². The Morgan fingerprint density at radius 1 is 1.13 bits per heavy atom. The number of benzene rings is 2. The zero-order valence-corrected chi connectivity index (χ0v) is 12.8. The lowest BCUT2D eigenvalue weighted by Gasteiger charge is -2.16. The maximum Gasteiger partial charge on any atom is 0.244 e. The first-order valence-electron chi connectivity index (χ1n) is 6.86. The van der Waals surface area contributed by atoms with Gasteiger partial charge in [-0.05, 0) is 29.8 Å². The Morgan fingerprint density at radius 3 is 2.52 bits per heavy atom. The van der Waals surface area contributed by atoms with Gasteiger partial charge in [-0.2, -0.15) is 10.1 Å². The first-order chi connectivity index (χ1) is 11.2. The van der Waals surface area contributed by atoms with E-state index < -0.39 is 5.25 Å². The van der Waals surface area contributed by atoms with E-state index in [1.54, 1.807) is 12.1 Å². The molecule has 0 saturated heterocycles. The van der Waals surface area contributed by atoms with Crippen molar-refractivity contribution in [3.63, 3.8) is 0 Å². The van der Waals surface area contributed by atoms with Crippen molar-refractivity contribution in [2.45, 2.75) is 10.1 Å². The van der Waals surface area contributed by atoms with Crippen LogP contribution >= 0.6 is 11.8 Å². The molecular formula is C16H13FN4OS. The van der Waals surface area contributed by atoms with Crippen molar-refractivity contribution in [2.24, 2.45) is 0 Å². The van der Waals surface area contributed by atoms with Crippen molar-refractivity contribution < 1.29 is 9.18 Å². The SMILES string of the molecule is O=C(Nc1ncn[nH]1)[C@H](Sc1ccc(F)cc1)c1ccccc1. The summed E-state index contributed by atoms with van der Waals surface area (Å²) in [5, 5.41) is 8.49. The zero-order chi connectivity index (χ0) is 16.1. The van der Waals surface area contributed by atoms with Crippen LogP contribution in [0.1, 0.15) is 10.8 Å². The number of nitrogens with zero attached hydrogens (tertiary/aromatic N) is 2. The summed E-state index contributed by atoms with van der Waals surface area (Å²) >= 11 is 1.34. The number of anilines is 1. The molecule has 3 rings (SSSR count). The molecule has 1 heterocycles. The van der Waals surface area contributed by atoms with Crippen molar-refractivity contribution >= 4 is 23.6 Å². The van der Waals surface area contributed by atoms with Gasteiger partial charge >= 0.3 is 0 Å². The van der Waals surface area contributed by atoms with Crippen molar-refractivity contribution in [3.05, 3.63) is 72.3 Å². The topological polar surface area (TPSA) is 70.7 Å². The third-order valence-electron chi connectivity index (χ3n) is 3.06. The molecule has 0 spiro atoms. The monoisotopic (exact) mass is 328 g/mol. The van der Waals surface area contributed by atoms with Crippen LogP contribution in [0, 0.1) is 5.82 Å². The highest BCUT2D eigenvalue weighted by Crippen LogP contribution is 2.36. The smallest absolute Gasteiger partial charge is 0.244 e. The number of carbonyl (C=O) groups is 1. The molecule has 3 aromatic rings. The van der Waals surface area contributed by atoms with E-state index in [0.717, 1.165) is 10.5 Å². The number of H-pyrrole nitrogens is 1. The highest BCUT2D eigenvalue weighted by Gasteiger charge is 2.22. The minimum Gasteiger partial charge on any atom is -0.294 e. The summed E-state index contributed by atoms with van der Waals surface area (Å²) in [6.45, 7) is 0. The lowest BCUT2D eigenvalue weighted by molar-refractivity contribution is -0.115. The predicted octanol–water partition coefficient (Wildman–Crippen LogP) is 3.42. The molecular weight excluding hydrogens is 315 g/mol. The third-order valence-corrected chi connectivity index (χ3v) is 4.33. The lowest BCUT2D eigenvalue weighted by Crippen LogP contribution is -2.19. The molecule has 0 aliphatic carbocycles. The molecule has 0 aliphatic heterocycles. The Morgan fingerprint density at radius 2 is 1.87 bits per heavy atom. The Kier molecular flexibility index (Phi) is 4.68. The van der Waals surface area contributed by atoms with Crippen LogP contribution in [-0.2, 0) is 4.79 Å². The molecule has 1 amide bonds. The van der Waals surface area contributed by atoms with E-state index in [1.165, 1.54) is 30.2 Å². The molecule has 0 fully saturated rings. The maximum atomic E-state index is 13.0. The molecule has 0 aliphatic rings. The van der Waals surface area contributed by atoms with E-state index in [-0.39, 0.29) is 17.7 Å². The zero-order valence-electron chi connectivity index (χ0n) is 11.9. The van der Waals surface area contributed by atoms with Gasteiger partial charge in [-0.25, -0.2) is 9.49 Å². The van der Waals surface area contributed by atoms with Crippen LogP contribution in [0.2, 0.25) is 0 Å². The van der Waals surface area contributed by atoms with Gasteiger partial charge in [0.25, 0.3) is 0 Å². The molecule has 1 aromatic heterocycles. The van der Waals surface area contributed by atoms with Crippen LogP contribution in [0.5, 0.6) is 0 Å². The van der Waals surface area contributed by atoms with Crippen molar-refractivity contribution in [3.8, 4) is 0 Å². The molecule has 116 valence electrons. The fraction of sp³-hybridized carbons (Fsp3) is 0.0625. The van der Waals surface area contributed by atoms with Crippen molar-refractivity contribution in [1.29, 1.82) is 0 Å². The van der Waals surface area contributed by atoms with Gasteiger partial charge in [0.15, 0.2) is 0 Å². The molecule has 23 heavy (non-hydrogen) atoms. The summed E-state index contributed by atoms with van der Waals surface area (Å²) in [5.41, 5.74) is 0.846. The number of hydrogen-bond donors (Lipinski definition) is 2. The van der Waals surface area contributed by atoms with Crippen LogP contribution in [0.4, 0.5) is 10.3 Å². The number of rotatable bonds is 5. The largest absolute Gasteiger partial charge is 0.294 e. The Labute approximate surface area is 136 Å². The number of halogens is 1. The number of aromatic amines is 1. The standard InChI is InChI=1S/C16H13FN4OS/c17-12-6-8-13(9-7-12)23-14(11-4-2-1-3-5-11)15(22)20-16-18-10-19-21-16/h1-10,14H,(H2,18,19,20,21,22)/t14-/m1/s1. The summed E-state index contributed by atoms with van der Waals surface area (Å²) < 4.78 is 13.0. The predicted molar refractivity (Wildman–Crippen MR) is 86.5 cm³/mol. The van der Waals surface area contributed by atoms with E-state index in [4.69, 9.17) is 0 Å². The second-order valence-corrected chi connectivity index (χ2v) is 5.86. The van der Waals surface area contributed by atoms with E-state index in [0.29, 0.717) is 0 Å². The minimum atomic E-state index is -0.494. The molecule has 1 atom stereocenters. The fourth-order valence-electron chi connectivity index (χ4n) is 2.00. The number of thioether (sulfide) groups is 1. The Bertz CT molecular complexity index is 763. The summed E-state index contributed by atoms with van der Waals surface area (Å²) in [7, 11) is 0. The van der Waals surface area contributed by atoms with Crippen LogP contribution < -0.4 is 5.32 Å². The molecule has 5 nitrogen and oxygen atoms in total. The lowest BCUT2D eigenvalue weighted by atomic mass is 10.1. The summed E-state index contributed by atoms with van der Waals surface area (Å²) in [4.78, 5) is 17.3. The van der Waals surface area contributed by atoms with Crippen molar-refractivity contribution in [1.82, 2.24) is 15.2 Å². The molecule has 0 saturated carbocycles. The quantitative estimate of drug-likeness (QED) is 0.704. The number of amides is 1. The Hall–Kier alpha value is -2.67. The fourth-order valence-corrected chi connectivity index (χ4v) is 3.02. The number of aromatic nitrogens is 3. The summed E-state index contributed by atoms with van der Waals surface area (Å²) in [5.74, 6) is -0.255. The molecule has 2 N–H and O–H groups in total. The van der Waals surface area contributed by atoms with Gasteiger partial charge in [-0.15, -0.1) is 11.8 Å². The molecule has 7 heteroatoms. The van der Waals surface area contributed by atoms with E-state index >= 15 is 0 Å². The van der Waals surface area contributed by atoms with E-state index in [9.17, 15) is 9.18 Å². The summed E-state index contributed by atoms with van der Waals surface area (Å²) in [6.07, 6.45) is 1.32. The van der Waals surface area contributed by atoms with Gasteiger partial charge in [0.2, 0.25) is 11.9 Å². The number of carbonyl (C=O) groups excluding carboxylic acids is 1. The average molecular weight is 328 g/mol. The number of hydrogen-bond acceptors (Lipinski definition) is 4. The molecule has 0 radical (unpaired) electrons. The van der Waals surface area contributed by atoms with Crippen molar-refractivity contribution in [2.75, 3.05) is 5.32 Å². The summed E-state index contributed by atoms with van der Waals surface area (Å²) in [6, 6.07) is 15.4. The van der Waals surface area contributed by atoms with Crippen LogP contribution in [-0.4, -0.2) is 21.1 Å². The third kappa shape index (κ3) is 3.95. The molecule has 2 aromatic carbocycles. The van der Waals surface area contributed by atoms with E-state index in [1.807, 2.05) is 30.3 Å². The van der Waals surface area contributed by atoms with Gasteiger partial charge < -0.3 is 0 Å². The number of nitrogens with one attached hydrogen (secondary N) is 2.